The molecule has 0 spiro atoms. The van der Waals surface area contributed by atoms with Crippen LogP contribution in [0.15, 0.2) is 43.0 Å². The Balaban J connectivity index is 0.982. The number of likely N-dealkylation sites (tertiary alicyclic amines) is 1. The van der Waals surface area contributed by atoms with Crippen molar-refractivity contribution in [3.63, 3.8) is 0 Å². The average molecular weight is 535 g/mol. The van der Waals surface area contributed by atoms with Gasteiger partial charge in [-0.15, -0.1) is 0 Å². The number of alkyl halides is 1. The number of hydrogen-bond donors (Lipinski definition) is 3. The van der Waals surface area contributed by atoms with Crippen LogP contribution in [0.3, 0.4) is 0 Å². The normalized spacial score (nSPS) is 24.5. The Morgan fingerprint density at radius 3 is 2.95 bits per heavy atom. The minimum Gasteiger partial charge on any atom is -0.443 e. The smallest absolute Gasteiger partial charge is 0.407 e. The number of carbonyl (C=O) groups is 1. The van der Waals surface area contributed by atoms with Gasteiger partial charge in [0, 0.05) is 67.6 Å². The number of nitrogens with zero attached hydrogens (tertiary/aromatic N) is 7. The summed E-state index contributed by atoms with van der Waals surface area (Å²) in [4.78, 5) is 23.7. The minimum absolute atomic E-state index is 0.198. The van der Waals surface area contributed by atoms with Gasteiger partial charge in [0.25, 0.3) is 0 Å². The Bertz CT molecular complexity index is 1470. The summed E-state index contributed by atoms with van der Waals surface area (Å²) in [6.07, 6.45) is 7.75. The lowest BCUT2D eigenvalue weighted by molar-refractivity contribution is 0.0546. The maximum absolute atomic E-state index is 15.2. The molecule has 0 aromatic carbocycles. The number of anilines is 2. The topological polar surface area (TPSA) is 130 Å². The molecule has 13 heteroatoms. The van der Waals surface area contributed by atoms with Crippen LogP contribution < -0.4 is 10.6 Å². The van der Waals surface area contributed by atoms with Crippen LogP contribution >= 0.6 is 0 Å². The molecule has 5 heterocycles. The van der Waals surface area contributed by atoms with Crippen LogP contribution in [0.1, 0.15) is 56.0 Å². The fourth-order valence-corrected chi connectivity index (χ4v) is 5.51. The van der Waals surface area contributed by atoms with Crippen LogP contribution in [0, 0.1) is 0 Å². The first-order valence-corrected chi connectivity index (χ1v) is 13.4. The maximum Gasteiger partial charge on any atom is 0.407 e. The van der Waals surface area contributed by atoms with Gasteiger partial charge in [-0.1, -0.05) is 0 Å². The van der Waals surface area contributed by atoms with Gasteiger partial charge in [-0.05, 0) is 44.7 Å². The summed E-state index contributed by atoms with van der Waals surface area (Å²) in [6.45, 7) is 4.57. The molecule has 2 aliphatic carbocycles. The van der Waals surface area contributed by atoms with Gasteiger partial charge in [0.15, 0.2) is 5.82 Å². The summed E-state index contributed by atoms with van der Waals surface area (Å²) >= 11 is 0. The van der Waals surface area contributed by atoms with Crippen LogP contribution in [0.4, 0.5) is 21.0 Å². The molecule has 3 fully saturated rings. The molecule has 1 amide bonds. The van der Waals surface area contributed by atoms with Crippen molar-refractivity contribution in [1.82, 2.24) is 44.6 Å². The standard InChI is InChI=1S/C26H31FN10O2/c1-26(6-7-26)32-25(38)39-20-4-3-18(23(20)27)19-11-21(34-33-19)31-24-28-9-5-22-30-16(13-36(22)24)12-35-14-17(15-35)37-10-2-8-29-37/h2,5,8-11,13,17-18,20,23H,3-4,6-7,12,14-15H2,1H3,(H,32,38)(H2,28,31,33,34)/t18-,20-,23+/m1/s1. The summed E-state index contributed by atoms with van der Waals surface area (Å²) in [6, 6.07) is 6.00. The summed E-state index contributed by atoms with van der Waals surface area (Å²) in [5, 5.41) is 17.7. The molecule has 1 aliphatic heterocycles. The number of hydrogen-bond acceptors (Lipinski definition) is 8. The summed E-state index contributed by atoms with van der Waals surface area (Å²) in [5.74, 6) is 0.672. The van der Waals surface area contributed by atoms with Gasteiger partial charge in [-0.25, -0.2) is 19.2 Å². The van der Waals surface area contributed by atoms with Crippen molar-refractivity contribution in [3.8, 4) is 0 Å². The fraction of sp³-hybridized carbons (Fsp3) is 0.500. The number of aromatic nitrogens is 7. The number of aromatic amines is 1. The van der Waals surface area contributed by atoms with E-state index < -0.39 is 24.3 Å². The number of amides is 1. The highest BCUT2D eigenvalue weighted by Crippen LogP contribution is 2.39. The Morgan fingerprint density at radius 1 is 1.28 bits per heavy atom. The molecule has 39 heavy (non-hydrogen) atoms. The SMILES string of the molecule is CC1(NC(=O)O[C@@H]2CC[C@H](c3cc(Nc4nccc5nc(CN6CC(n7cccn7)C6)cn45)n[nH]3)[C@@H]2F)CC1. The van der Waals surface area contributed by atoms with Crippen LogP contribution in [0.25, 0.3) is 5.65 Å². The van der Waals surface area contributed by atoms with E-state index in [9.17, 15) is 4.79 Å². The Hall–Kier alpha value is -4.00. The van der Waals surface area contributed by atoms with Gasteiger partial charge in [0.05, 0.1) is 11.7 Å². The van der Waals surface area contributed by atoms with Crippen molar-refractivity contribution in [2.45, 2.75) is 68.9 Å². The number of nitrogens with one attached hydrogen (secondary N) is 3. The fourth-order valence-electron chi connectivity index (χ4n) is 5.51. The van der Waals surface area contributed by atoms with Crippen molar-refractivity contribution in [3.05, 3.63) is 54.4 Å². The van der Waals surface area contributed by atoms with E-state index in [0.717, 1.165) is 43.8 Å². The number of imidazole rings is 1. The second-order valence-corrected chi connectivity index (χ2v) is 11.2. The van der Waals surface area contributed by atoms with E-state index in [-0.39, 0.29) is 5.54 Å². The summed E-state index contributed by atoms with van der Waals surface area (Å²) in [5.41, 5.74) is 2.19. The van der Waals surface area contributed by atoms with E-state index in [1.54, 1.807) is 18.5 Å². The van der Waals surface area contributed by atoms with Crippen molar-refractivity contribution >= 4 is 23.5 Å². The molecule has 7 rings (SSSR count). The first kappa shape index (κ1) is 24.1. The average Bonchev–Trinajstić information content (AvgIpc) is 3.42. The van der Waals surface area contributed by atoms with Gasteiger partial charge >= 0.3 is 6.09 Å². The predicted molar refractivity (Wildman–Crippen MR) is 139 cm³/mol. The summed E-state index contributed by atoms with van der Waals surface area (Å²) < 4.78 is 24.5. The van der Waals surface area contributed by atoms with E-state index in [1.165, 1.54) is 0 Å². The molecule has 4 aromatic heterocycles. The van der Waals surface area contributed by atoms with Crippen molar-refractivity contribution in [2.24, 2.45) is 0 Å². The molecule has 3 atom stereocenters. The monoisotopic (exact) mass is 534 g/mol. The van der Waals surface area contributed by atoms with Crippen molar-refractivity contribution in [2.75, 3.05) is 18.4 Å². The van der Waals surface area contributed by atoms with E-state index in [2.05, 4.69) is 35.8 Å². The van der Waals surface area contributed by atoms with Gasteiger partial charge in [-0.3, -0.25) is 19.1 Å². The highest BCUT2D eigenvalue weighted by Gasteiger charge is 2.43. The van der Waals surface area contributed by atoms with E-state index in [0.29, 0.717) is 36.3 Å². The van der Waals surface area contributed by atoms with E-state index >= 15 is 4.39 Å². The highest BCUT2D eigenvalue weighted by atomic mass is 19.1. The second kappa shape index (κ2) is 9.33. The number of alkyl carbamates (subject to hydrolysis) is 1. The molecule has 3 aliphatic rings. The molecule has 12 nitrogen and oxygen atoms in total. The van der Waals surface area contributed by atoms with Crippen LogP contribution in [0.5, 0.6) is 0 Å². The molecular weight excluding hydrogens is 503 g/mol. The molecule has 0 radical (unpaired) electrons. The third-order valence-corrected chi connectivity index (χ3v) is 8.06. The van der Waals surface area contributed by atoms with Gasteiger partial charge in [0.1, 0.15) is 17.9 Å². The minimum atomic E-state index is -1.30. The third-order valence-electron chi connectivity index (χ3n) is 8.06. The molecule has 4 aromatic rings. The lowest BCUT2D eigenvalue weighted by atomic mass is 10.0. The number of ether oxygens (including phenoxy) is 1. The zero-order valence-corrected chi connectivity index (χ0v) is 21.6. The van der Waals surface area contributed by atoms with Gasteiger partial charge in [-0.2, -0.15) is 10.2 Å². The lowest BCUT2D eigenvalue weighted by Crippen LogP contribution is -2.47. The molecule has 0 bridgehead atoms. The molecular formula is C26H31FN10O2. The lowest BCUT2D eigenvalue weighted by Gasteiger charge is -2.38. The number of carbonyl (C=O) groups excluding carboxylic acids is 1. The van der Waals surface area contributed by atoms with Gasteiger partial charge < -0.3 is 15.4 Å². The Kier molecular flexibility index (Phi) is 5.76. The number of halogens is 1. The van der Waals surface area contributed by atoms with Crippen LogP contribution in [-0.4, -0.2) is 76.2 Å². The van der Waals surface area contributed by atoms with E-state index in [4.69, 9.17) is 9.72 Å². The van der Waals surface area contributed by atoms with Gasteiger partial charge in [0.2, 0.25) is 5.95 Å². The zero-order valence-electron chi connectivity index (χ0n) is 21.6. The first-order chi connectivity index (χ1) is 18.9. The maximum atomic E-state index is 15.2. The van der Waals surface area contributed by atoms with E-state index in [1.807, 2.05) is 40.5 Å². The first-order valence-electron chi connectivity index (χ1n) is 13.4. The molecule has 1 saturated heterocycles. The molecule has 0 unspecified atom stereocenters. The largest absolute Gasteiger partial charge is 0.443 e. The van der Waals surface area contributed by atoms with Crippen LogP contribution in [0.2, 0.25) is 0 Å². The molecule has 2 saturated carbocycles. The summed E-state index contributed by atoms with van der Waals surface area (Å²) in [7, 11) is 0. The number of rotatable bonds is 8. The highest BCUT2D eigenvalue weighted by molar-refractivity contribution is 5.69. The number of fused-ring (bicyclic) bond motifs is 1. The quantitative estimate of drug-likeness (QED) is 0.314. The Labute approximate surface area is 223 Å². The molecule has 204 valence electrons. The second-order valence-electron chi connectivity index (χ2n) is 11.2. The van der Waals surface area contributed by atoms with Crippen molar-refractivity contribution < 1.29 is 13.9 Å². The zero-order chi connectivity index (χ0) is 26.6. The predicted octanol–water partition coefficient (Wildman–Crippen LogP) is 3.31. The number of H-pyrrole nitrogens is 1. The third kappa shape index (κ3) is 4.82. The Morgan fingerprint density at radius 2 is 2.15 bits per heavy atom. The van der Waals surface area contributed by atoms with Crippen molar-refractivity contribution in [1.29, 1.82) is 0 Å². The molecule has 3 N–H and O–H groups in total. The van der Waals surface area contributed by atoms with Crippen LogP contribution in [-0.2, 0) is 11.3 Å².